The maximum atomic E-state index is 11.3. The van der Waals surface area contributed by atoms with Gasteiger partial charge in [-0.1, -0.05) is 97.1 Å². The van der Waals surface area contributed by atoms with Crippen molar-refractivity contribution in [2.75, 3.05) is 13.2 Å². The largest absolute Gasteiger partial charge is 0.507 e. The third kappa shape index (κ3) is 6.02. The highest BCUT2D eigenvalue weighted by Gasteiger charge is 2.17. The molecule has 0 aliphatic rings. The van der Waals surface area contributed by atoms with Gasteiger partial charge in [0.1, 0.15) is 36.2 Å². The van der Waals surface area contributed by atoms with Gasteiger partial charge in [0.05, 0.1) is 0 Å². The molecule has 0 radical (unpaired) electrons. The molecule has 6 rings (SSSR count). The zero-order valence-corrected chi connectivity index (χ0v) is 24.8. The van der Waals surface area contributed by atoms with E-state index in [0.717, 1.165) is 55.6 Å². The van der Waals surface area contributed by atoms with Gasteiger partial charge in [0, 0.05) is 33.4 Å². The highest BCUT2D eigenvalue weighted by molar-refractivity contribution is 5.86. The Hall–Kier alpha value is -5.48. The highest BCUT2D eigenvalue weighted by atomic mass is 16.5. The van der Waals surface area contributed by atoms with Crippen molar-refractivity contribution in [3.63, 3.8) is 0 Å². The quantitative estimate of drug-likeness (QED) is 0.168. The Morgan fingerprint density at radius 1 is 0.409 bits per heavy atom. The standard InChI is InChI=1S/C40H34O4/c1-27-23-33(29-13-5-3-6-14-29)39(41)35(25-27)31-17-9-11-19-37(31)43-21-22-44-38-20-12-10-18-32(38)36-26-28(2)24-34(40(36)42)30-15-7-4-8-16-30/h3-20,23-26,41-42H,21-22H2,1-2H3. The molecule has 0 bridgehead atoms. The summed E-state index contributed by atoms with van der Waals surface area (Å²) >= 11 is 0. The molecule has 0 saturated carbocycles. The Balaban J connectivity index is 1.22. The number of ether oxygens (including phenoxy) is 2. The summed E-state index contributed by atoms with van der Waals surface area (Å²) < 4.78 is 12.5. The van der Waals surface area contributed by atoms with E-state index in [4.69, 9.17) is 9.47 Å². The van der Waals surface area contributed by atoms with Crippen LogP contribution < -0.4 is 9.47 Å². The molecule has 6 aromatic rings. The Bertz CT molecular complexity index is 1750. The van der Waals surface area contributed by atoms with E-state index in [9.17, 15) is 10.2 Å². The Morgan fingerprint density at radius 3 is 1.16 bits per heavy atom. The van der Waals surface area contributed by atoms with Gasteiger partial charge in [-0.15, -0.1) is 0 Å². The van der Waals surface area contributed by atoms with E-state index in [1.54, 1.807) is 0 Å². The molecule has 0 atom stereocenters. The van der Waals surface area contributed by atoms with Crippen LogP contribution in [-0.2, 0) is 0 Å². The fraction of sp³-hybridized carbons (Fsp3) is 0.100. The third-order valence-corrected chi connectivity index (χ3v) is 7.63. The summed E-state index contributed by atoms with van der Waals surface area (Å²) in [6.45, 7) is 4.63. The number of para-hydroxylation sites is 2. The lowest BCUT2D eigenvalue weighted by Crippen LogP contribution is -2.10. The van der Waals surface area contributed by atoms with Gasteiger partial charge in [0.15, 0.2) is 0 Å². The van der Waals surface area contributed by atoms with E-state index in [2.05, 4.69) is 0 Å². The fourth-order valence-electron chi connectivity index (χ4n) is 5.58. The maximum Gasteiger partial charge on any atom is 0.131 e. The minimum Gasteiger partial charge on any atom is -0.507 e. The molecule has 4 heteroatoms. The van der Waals surface area contributed by atoms with E-state index in [1.165, 1.54) is 0 Å². The van der Waals surface area contributed by atoms with E-state index in [0.29, 0.717) is 24.7 Å². The van der Waals surface area contributed by atoms with Gasteiger partial charge < -0.3 is 19.7 Å². The minimum absolute atomic E-state index is 0.218. The van der Waals surface area contributed by atoms with E-state index >= 15 is 0 Å². The van der Waals surface area contributed by atoms with E-state index in [1.807, 2.05) is 147 Å². The minimum atomic E-state index is 0.218. The summed E-state index contributed by atoms with van der Waals surface area (Å²) in [6, 6.07) is 43.2. The SMILES string of the molecule is Cc1cc(-c2ccccc2)c(O)c(-c2ccccc2OCCOc2ccccc2-c2cc(C)cc(-c3ccccc3)c2O)c1. The van der Waals surface area contributed by atoms with Gasteiger partial charge in [0.2, 0.25) is 0 Å². The smallest absolute Gasteiger partial charge is 0.131 e. The van der Waals surface area contributed by atoms with Crippen LogP contribution in [0.15, 0.2) is 133 Å². The number of phenols is 2. The number of aryl methyl sites for hydroxylation is 2. The van der Waals surface area contributed by atoms with Gasteiger partial charge in [-0.05, 0) is 72.5 Å². The topological polar surface area (TPSA) is 58.9 Å². The number of hydrogen-bond acceptors (Lipinski definition) is 4. The Kier molecular flexibility index (Phi) is 8.33. The molecule has 6 aromatic carbocycles. The third-order valence-electron chi connectivity index (χ3n) is 7.63. The van der Waals surface area contributed by atoms with Crippen molar-refractivity contribution in [3.8, 4) is 67.5 Å². The van der Waals surface area contributed by atoms with Crippen molar-refractivity contribution in [2.24, 2.45) is 0 Å². The molecule has 0 fully saturated rings. The lowest BCUT2D eigenvalue weighted by molar-refractivity contribution is 0.218. The van der Waals surface area contributed by atoms with Crippen molar-refractivity contribution >= 4 is 0 Å². The van der Waals surface area contributed by atoms with Gasteiger partial charge >= 0.3 is 0 Å². The average molecular weight is 579 g/mol. The van der Waals surface area contributed by atoms with Crippen molar-refractivity contribution in [2.45, 2.75) is 13.8 Å². The molecule has 0 saturated heterocycles. The number of benzene rings is 6. The van der Waals surface area contributed by atoms with Crippen LogP contribution in [0, 0.1) is 13.8 Å². The zero-order chi connectivity index (χ0) is 30.5. The molecule has 0 unspecified atom stereocenters. The first-order valence-corrected chi connectivity index (χ1v) is 14.7. The van der Waals surface area contributed by atoms with Crippen LogP contribution in [0.1, 0.15) is 11.1 Å². The maximum absolute atomic E-state index is 11.3. The molecule has 0 heterocycles. The van der Waals surface area contributed by atoms with E-state index < -0.39 is 0 Å². The normalized spacial score (nSPS) is 10.9. The molecular formula is C40H34O4. The summed E-state index contributed by atoms with van der Waals surface area (Å²) in [5.74, 6) is 1.76. The summed E-state index contributed by atoms with van der Waals surface area (Å²) in [6.07, 6.45) is 0. The predicted octanol–water partition coefficient (Wildman–Crippen LogP) is 9.84. The molecule has 0 spiro atoms. The molecule has 0 aliphatic heterocycles. The lowest BCUT2D eigenvalue weighted by atomic mass is 9.94. The van der Waals surface area contributed by atoms with Crippen molar-refractivity contribution in [1.29, 1.82) is 0 Å². The second kappa shape index (κ2) is 12.8. The van der Waals surface area contributed by atoms with Gasteiger partial charge in [-0.25, -0.2) is 0 Å². The van der Waals surface area contributed by atoms with Crippen LogP contribution in [0.4, 0.5) is 0 Å². The second-order valence-electron chi connectivity index (χ2n) is 10.8. The first kappa shape index (κ1) is 28.6. The van der Waals surface area contributed by atoms with Crippen LogP contribution >= 0.6 is 0 Å². The second-order valence-corrected chi connectivity index (χ2v) is 10.8. The molecule has 44 heavy (non-hydrogen) atoms. The molecule has 0 aromatic heterocycles. The fourth-order valence-corrected chi connectivity index (χ4v) is 5.58. The lowest BCUT2D eigenvalue weighted by Gasteiger charge is -2.17. The van der Waals surface area contributed by atoms with Crippen LogP contribution in [0.3, 0.4) is 0 Å². The molecule has 0 aliphatic carbocycles. The molecule has 0 amide bonds. The highest BCUT2D eigenvalue weighted by Crippen LogP contribution is 2.44. The van der Waals surface area contributed by atoms with Gasteiger partial charge in [-0.3, -0.25) is 0 Å². The van der Waals surface area contributed by atoms with Crippen LogP contribution in [-0.4, -0.2) is 23.4 Å². The van der Waals surface area contributed by atoms with Crippen molar-refractivity contribution in [3.05, 3.63) is 145 Å². The Labute approximate surface area is 258 Å². The summed E-state index contributed by atoms with van der Waals surface area (Å²) in [4.78, 5) is 0. The van der Waals surface area contributed by atoms with Gasteiger partial charge in [0.25, 0.3) is 0 Å². The summed E-state index contributed by atoms with van der Waals surface area (Å²) in [7, 11) is 0. The molecule has 4 nitrogen and oxygen atoms in total. The van der Waals surface area contributed by atoms with Crippen LogP contribution in [0.5, 0.6) is 23.0 Å². The number of aromatic hydroxyl groups is 2. The van der Waals surface area contributed by atoms with E-state index in [-0.39, 0.29) is 11.5 Å². The monoisotopic (exact) mass is 578 g/mol. The Morgan fingerprint density at radius 2 is 0.750 bits per heavy atom. The zero-order valence-electron chi connectivity index (χ0n) is 24.8. The van der Waals surface area contributed by atoms with Crippen LogP contribution in [0.25, 0.3) is 44.5 Å². The number of phenolic OH excluding ortho intramolecular Hbond substituents is 2. The summed E-state index contributed by atoms with van der Waals surface area (Å²) in [5, 5.41) is 22.7. The molecule has 2 N–H and O–H groups in total. The molecule has 218 valence electrons. The van der Waals surface area contributed by atoms with Crippen molar-refractivity contribution < 1.29 is 19.7 Å². The van der Waals surface area contributed by atoms with Crippen molar-refractivity contribution in [1.82, 2.24) is 0 Å². The average Bonchev–Trinajstić information content (AvgIpc) is 3.06. The van der Waals surface area contributed by atoms with Crippen LogP contribution in [0.2, 0.25) is 0 Å². The molecular weight excluding hydrogens is 544 g/mol. The first-order chi connectivity index (χ1) is 21.5. The first-order valence-electron chi connectivity index (χ1n) is 14.7. The number of rotatable bonds is 9. The summed E-state index contributed by atoms with van der Waals surface area (Å²) in [5.41, 5.74) is 8.61. The van der Waals surface area contributed by atoms with Gasteiger partial charge in [-0.2, -0.15) is 0 Å². The number of hydrogen-bond donors (Lipinski definition) is 2. The predicted molar refractivity (Wildman–Crippen MR) is 178 cm³/mol.